The molecule has 0 saturated carbocycles. The molecule has 556 valence electrons. The third kappa shape index (κ3) is 20.7. The number of aryl methyl sites for hydroxylation is 4. The Bertz CT molecular complexity index is 4190. The molecular weight excluding hydrogens is 1550 g/mol. The van der Waals surface area contributed by atoms with Crippen molar-refractivity contribution in [3.05, 3.63) is 110 Å². The van der Waals surface area contributed by atoms with Crippen LogP contribution in [0.2, 0.25) is 114 Å². The van der Waals surface area contributed by atoms with Crippen LogP contribution in [0.25, 0.3) is 70.3 Å². The molecule has 1 aromatic carbocycles. The topological polar surface area (TPSA) is 71.1 Å². The second kappa shape index (κ2) is 34.8. The Morgan fingerprint density at radius 3 is 1.21 bits per heavy atom. The standard InChI is InChI=1S/C80H114Cl2O6S8Si6/c1-21-25-35-53(23-3)46-65-71-72(66(94-65)47-54(24-4)36-26-22-2)76(84)74-73(75(71)83)79(62-40-39-51(5)89-62)96-80(74)63-42-41-61(93-63)64-48-56-70(68-50-58(82)60(92-68)38-32-28-30-34-44-102(20,87-99(13,14)15)88-100(16,17)18)77-55(45-52(6)90-77)69(78(56)95-64)67-49-57(81)59(91-67)37-31-27-29-33-43-101(19,85-97(7,8)9)86-98(10,11)12/h39-42,45,48-50,53-54H,21-38,43-44,46-47H2,1-20H3. The Kier molecular flexibility index (Phi) is 28.2. The molecule has 0 saturated heterocycles. The zero-order valence-electron chi connectivity index (χ0n) is 64.8. The van der Waals surface area contributed by atoms with Crippen molar-refractivity contribution in [1.82, 2.24) is 0 Å². The molecule has 9 aromatic rings. The molecule has 0 amide bonds. The Morgan fingerprint density at radius 2 is 0.784 bits per heavy atom. The van der Waals surface area contributed by atoms with Gasteiger partial charge < -0.3 is 16.5 Å². The molecule has 1 aliphatic carbocycles. The molecule has 0 radical (unpaired) electrons. The predicted molar refractivity (Wildman–Crippen MR) is 473 cm³/mol. The summed E-state index contributed by atoms with van der Waals surface area (Å²) >= 11 is 29.3. The fraction of sp³-hybridized carbons (Fsp3) is 0.550. The van der Waals surface area contributed by atoms with Gasteiger partial charge in [-0.15, -0.1) is 90.7 Å². The number of hydrogen-bond acceptors (Lipinski definition) is 14. The molecule has 0 bridgehead atoms. The number of carbonyl (C=O) groups excluding carboxylic acids is 2. The van der Waals surface area contributed by atoms with Crippen LogP contribution in [0.1, 0.15) is 192 Å². The molecule has 2 unspecified atom stereocenters. The van der Waals surface area contributed by atoms with Gasteiger partial charge in [-0.05, 0) is 216 Å². The summed E-state index contributed by atoms with van der Waals surface area (Å²) in [5.74, 6) is 1.01. The highest BCUT2D eigenvalue weighted by molar-refractivity contribution is 7.31. The average molecular weight is 1670 g/mol. The molecule has 6 nitrogen and oxygen atoms in total. The predicted octanol–water partition coefficient (Wildman–Crippen LogP) is 30.8. The van der Waals surface area contributed by atoms with E-state index in [2.05, 4.69) is 182 Å². The van der Waals surface area contributed by atoms with Crippen LogP contribution in [0.3, 0.4) is 0 Å². The number of carbonyl (C=O) groups is 2. The largest absolute Gasteiger partial charge is 0.437 e. The maximum absolute atomic E-state index is 16.1. The molecule has 102 heavy (non-hydrogen) atoms. The summed E-state index contributed by atoms with van der Waals surface area (Å²) < 4.78 is 30.0. The smallest absolute Gasteiger partial charge is 0.314 e. The first kappa shape index (κ1) is 82.9. The summed E-state index contributed by atoms with van der Waals surface area (Å²) in [6.45, 7) is 45.7. The van der Waals surface area contributed by atoms with Gasteiger partial charge in [0.1, 0.15) is 0 Å². The van der Waals surface area contributed by atoms with E-state index in [0.717, 1.165) is 178 Å². The van der Waals surface area contributed by atoms with E-state index in [4.69, 9.17) is 39.7 Å². The Balaban J connectivity index is 1.03. The number of ketones is 2. The number of benzene rings is 1. The number of hydrogen-bond donors (Lipinski definition) is 0. The normalized spacial score (nSPS) is 14.2. The second-order valence-electron chi connectivity index (χ2n) is 33.1. The first-order valence-corrected chi connectivity index (χ1v) is 63.9. The summed E-state index contributed by atoms with van der Waals surface area (Å²) in [5, 5.41) is 4.20. The maximum Gasteiger partial charge on any atom is 0.314 e. The molecule has 0 spiro atoms. The molecule has 22 heteroatoms. The number of thiophene rings is 8. The SMILES string of the molecule is CCCCC(CC)Cc1sc(CC(CC)CCCC)c2c1C(=O)c1c(-c3ccc(C)s3)sc(-c3ccc(-c4cc5c(-c6cc(Cl)c(CCCCCC[Si](C)(O[Si](C)(C)C)O[Si](C)(C)C)s6)c6sc(C)cc6c(-c6cc(Cl)c(CCCCCC[Si](C)(O[Si](C)(C)C)O[Si](C)(C)C)s6)c5s4)s3)c1C2=O. The number of rotatable bonds is 39. The van der Waals surface area contributed by atoms with E-state index >= 15 is 9.59 Å². The van der Waals surface area contributed by atoms with E-state index in [1.807, 2.05) is 45.3 Å². The molecule has 8 heterocycles. The third-order valence-electron chi connectivity index (χ3n) is 19.2. The monoisotopic (exact) mass is 1660 g/mol. The molecule has 10 rings (SSSR count). The first-order valence-electron chi connectivity index (χ1n) is 38.0. The maximum atomic E-state index is 16.1. The van der Waals surface area contributed by atoms with E-state index < -0.39 is 50.4 Å². The summed E-state index contributed by atoms with van der Waals surface area (Å²) in [6.07, 6.45) is 21.5. The highest BCUT2D eigenvalue weighted by Crippen LogP contribution is 2.57. The summed E-state index contributed by atoms with van der Waals surface area (Å²) in [7, 11) is -11.7. The molecule has 8 aromatic heterocycles. The van der Waals surface area contributed by atoms with Crippen molar-refractivity contribution in [1.29, 1.82) is 0 Å². The van der Waals surface area contributed by atoms with Crippen molar-refractivity contribution in [2.45, 2.75) is 274 Å². The van der Waals surface area contributed by atoms with E-state index in [9.17, 15) is 0 Å². The fourth-order valence-electron chi connectivity index (χ4n) is 15.2. The minimum Gasteiger partial charge on any atom is -0.437 e. The van der Waals surface area contributed by atoms with Gasteiger partial charge in [0.15, 0.2) is 44.8 Å². The minimum absolute atomic E-state index is 0.0409. The lowest BCUT2D eigenvalue weighted by Gasteiger charge is -2.38. The van der Waals surface area contributed by atoms with E-state index in [1.165, 1.54) is 71.9 Å². The molecule has 0 N–H and O–H groups in total. The average Bonchev–Trinajstić information content (AvgIpc) is 1.56. The van der Waals surface area contributed by atoms with Crippen molar-refractivity contribution in [2.24, 2.45) is 11.8 Å². The fourth-order valence-corrected chi connectivity index (χ4v) is 51.0. The van der Waals surface area contributed by atoms with Gasteiger partial charge in [0, 0.05) is 101 Å². The lowest BCUT2D eigenvalue weighted by molar-refractivity contribution is 0.0980. The molecule has 2 atom stereocenters. The van der Waals surface area contributed by atoms with E-state index in [-0.39, 0.29) is 11.6 Å². The van der Waals surface area contributed by atoms with Crippen molar-refractivity contribution in [2.75, 3.05) is 0 Å². The van der Waals surface area contributed by atoms with E-state index in [0.29, 0.717) is 34.1 Å². The highest BCUT2D eigenvalue weighted by Gasteiger charge is 2.44. The van der Waals surface area contributed by atoms with Gasteiger partial charge in [-0.25, -0.2) is 0 Å². The van der Waals surface area contributed by atoms with Crippen molar-refractivity contribution in [3.63, 3.8) is 0 Å². The van der Waals surface area contributed by atoms with Crippen LogP contribution in [0.5, 0.6) is 0 Å². The van der Waals surface area contributed by atoms with Crippen LogP contribution in [0, 0.1) is 25.7 Å². The number of fused-ring (bicyclic) bond motifs is 4. The quantitative estimate of drug-likeness (QED) is 0.0282. The van der Waals surface area contributed by atoms with Crippen molar-refractivity contribution < 1.29 is 26.0 Å². The van der Waals surface area contributed by atoms with E-state index in [1.54, 1.807) is 45.3 Å². The van der Waals surface area contributed by atoms with Gasteiger partial charge in [-0.2, -0.15) is 0 Å². The molecule has 0 fully saturated rings. The summed E-state index contributed by atoms with van der Waals surface area (Å²) in [6, 6.07) is 20.3. The summed E-state index contributed by atoms with van der Waals surface area (Å²) in [5.41, 5.74) is 5.15. The molecular formula is C80H114Cl2O6S8Si6. The Labute approximate surface area is 661 Å². The number of halogens is 2. The van der Waals surface area contributed by atoms with Gasteiger partial charge in [-0.1, -0.05) is 141 Å². The second-order valence-corrected chi connectivity index (χ2v) is 68.8. The van der Waals surface area contributed by atoms with Gasteiger partial charge in [0.2, 0.25) is 0 Å². The Morgan fingerprint density at radius 1 is 0.373 bits per heavy atom. The van der Waals surface area contributed by atoms with Crippen LogP contribution in [-0.2, 0) is 42.1 Å². The van der Waals surface area contributed by atoms with Crippen LogP contribution in [-0.4, -0.2) is 62.0 Å². The van der Waals surface area contributed by atoms with Crippen LogP contribution < -0.4 is 0 Å². The Hall–Kier alpha value is -1.60. The zero-order chi connectivity index (χ0) is 74.0. The van der Waals surface area contributed by atoms with Crippen LogP contribution in [0.15, 0.2) is 48.5 Å². The minimum atomic E-state index is -2.29. The lowest BCUT2D eigenvalue weighted by Crippen LogP contribution is -2.52. The van der Waals surface area contributed by atoms with Crippen molar-refractivity contribution in [3.8, 4) is 50.1 Å². The zero-order valence-corrected chi connectivity index (χ0v) is 78.8. The molecule has 0 aliphatic heterocycles. The van der Waals surface area contributed by atoms with Crippen LogP contribution in [0.4, 0.5) is 0 Å². The van der Waals surface area contributed by atoms with Crippen molar-refractivity contribution >= 4 is 196 Å². The first-order chi connectivity index (χ1) is 48.0. The highest BCUT2D eigenvalue weighted by atomic mass is 35.5. The summed E-state index contributed by atoms with van der Waals surface area (Å²) in [4.78, 5) is 47.9. The van der Waals surface area contributed by atoms with Gasteiger partial charge in [0.25, 0.3) is 0 Å². The van der Waals surface area contributed by atoms with Gasteiger partial charge in [-0.3, -0.25) is 9.59 Å². The van der Waals surface area contributed by atoms with Gasteiger partial charge >= 0.3 is 17.1 Å². The third-order valence-corrected chi connectivity index (χ3v) is 49.0. The van der Waals surface area contributed by atoms with Gasteiger partial charge in [0.05, 0.1) is 30.9 Å². The number of unbranched alkanes of at least 4 members (excludes halogenated alkanes) is 8. The molecule has 1 aliphatic rings. The van der Waals surface area contributed by atoms with Crippen LogP contribution >= 0.6 is 114 Å². The lowest BCUT2D eigenvalue weighted by atomic mass is 9.81.